The van der Waals surface area contributed by atoms with Crippen LogP contribution in [0.15, 0.2) is 43.0 Å². The third-order valence-electron chi connectivity index (χ3n) is 2.92. The van der Waals surface area contributed by atoms with Crippen molar-refractivity contribution < 1.29 is 23.9 Å². The number of rotatable bonds is 6. The second kappa shape index (κ2) is 7.23. The van der Waals surface area contributed by atoms with Crippen molar-refractivity contribution in [3.8, 4) is 0 Å². The Bertz CT molecular complexity index is 540. The number of hydrogen-bond acceptors (Lipinski definition) is 5. The number of carbonyl (C=O) groups excluding carboxylic acids is 3. The zero-order valence-corrected chi connectivity index (χ0v) is 11.9. The van der Waals surface area contributed by atoms with Crippen LogP contribution in [0.1, 0.15) is 16.8 Å². The van der Waals surface area contributed by atoms with Gasteiger partial charge in [-0.3, -0.25) is 9.59 Å². The van der Waals surface area contributed by atoms with Crippen LogP contribution in [0.5, 0.6) is 0 Å². The lowest BCUT2D eigenvalue weighted by molar-refractivity contribution is -0.152. The van der Waals surface area contributed by atoms with Crippen LogP contribution in [0.2, 0.25) is 0 Å². The molecule has 0 aliphatic heterocycles. The number of methoxy groups -OCH3 is 2. The highest BCUT2D eigenvalue weighted by Crippen LogP contribution is 2.17. The summed E-state index contributed by atoms with van der Waals surface area (Å²) in [7, 11) is 2.35. The number of benzene rings is 1. The number of hydrogen-bond donors (Lipinski definition) is 1. The Morgan fingerprint density at radius 1 is 1.19 bits per heavy atom. The predicted molar refractivity (Wildman–Crippen MR) is 75.5 cm³/mol. The van der Waals surface area contributed by atoms with Gasteiger partial charge < -0.3 is 14.8 Å². The second-order valence-electron chi connectivity index (χ2n) is 4.24. The van der Waals surface area contributed by atoms with E-state index in [2.05, 4.69) is 21.4 Å². The molecule has 0 aliphatic carbocycles. The Kier molecular flexibility index (Phi) is 5.66. The molecule has 0 aromatic heterocycles. The van der Waals surface area contributed by atoms with E-state index in [0.717, 1.165) is 13.2 Å². The van der Waals surface area contributed by atoms with E-state index in [9.17, 15) is 14.4 Å². The Hall–Kier alpha value is -2.63. The van der Waals surface area contributed by atoms with E-state index in [-0.39, 0.29) is 0 Å². The minimum atomic E-state index is -1.67. The lowest BCUT2D eigenvalue weighted by Gasteiger charge is -2.27. The molecule has 0 aliphatic rings. The highest BCUT2D eigenvalue weighted by Gasteiger charge is 2.41. The van der Waals surface area contributed by atoms with Crippen molar-refractivity contribution >= 4 is 17.8 Å². The standard InChI is InChI=1S/C15H17NO5/c1-4-15(14(19)21-3,10-12(17)20-2)16-13(18)11-8-6-5-7-9-11/h4-9H,1,10H2,2-3H3,(H,16,18)/t15-/m1/s1. The molecule has 1 amide bonds. The molecule has 6 heteroatoms. The molecule has 1 aromatic rings. The van der Waals surface area contributed by atoms with Crippen LogP contribution in [-0.2, 0) is 19.1 Å². The van der Waals surface area contributed by atoms with Crippen molar-refractivity contribution in [1.29, 1.82) is 0 Å². The topological polar surface area (TPSA) is 81.7 Å². The summed E-state index contributed by atoms with van der Waals surface area (Å²) in [6.45, 7) is 3.51. The van der Waals surface area contributed by atoms with Gasteiger partial charge in [-0.25, -0.2) is 4.79 Å². The van der Waals surface area contributed by atoms with Gasteiger partial charge in [-0.15, -0.1) is 6.58 Å². The number of carbonyl (C=O) groups is 3. The highest BCUT2D eigenvalue weighted by atomic mass is 16.5. The smallest absolute Gasteiger partial charge is 0.336 e. The van der Waals surface area contributed by atoms with Crippen molar-refractivity contribution in [2.45, 2.75) is 12.0 Å². The SMILES string of the molecule is C=C[C@](CC(=O)OC)(NC(=O)c1ccccc1)C(=O)OC. The molecule has 1 atom stereocenters. The summed E-state index contributed by atoms with van der Waals surface area (Å²) < 4.78 is 9.20. The van der Waals surface area contributed by atoms with E-state index in [4.69, 9.17) is 0 Å². The molecular formula is C15H17NO5. The molecule has 0 saturated heterocycles. The monoisotopic (exact) mass is 291 g/mol. The maximum Gasteiger partial charge on any atom is 0.336 e. The lowest BCUT2D eigenvalue weighted by Crippen LogP contribution is -2.55. The van der Waals surface area contributed by atoms with Crippen molar-refractivity contribution in [1.82, 2.24) is 5.32 Å². The average Bonchev–Trinajstić information content (AvgIpc) is 2.53. The molecule has 112 valence electrons. The molecule has 1 N–H and O–H groups in total. The third-order valence-corrected chi connectivity index (χ3v) is 2.92. The second-order valence-corrected chi connectivity index (χ2v) is 4.24. The van der Waals surface area contributed by atoms with Crippen LogP contribution in [-0.4, -0.2) is 37.6 Å². The van der Waals surface area contributed by atoms with E-state index in [1.807, 2.05) is 0 Å². The first-order chi connectivity index (χ1) is 9.99. The summed E-state index contributed by atoms with van der Waals surface area (Å²) in [6, 6.07) is 8.29. The summed E-state index contributed by atoms with van der Waals surface area (Å²) in [5, 5.41) is 2.48. The third kappa shape index (κ3) is 3.92. The number of ether oxygens (including phenoxy) is 2. The molecule has 0 heterocycles. The summed E-state index contributed by atoms with van der Waals surface area (Å²) in [5.41, 5.74) is -1.33. The van der Waals surface area contributed by atoms with Gasteiger partial charge in [0, 0.05) is 5.56 Å². The summed E-state index contributed by atoms with van der Waals surface area (Å²) in [6.07, 6.45) is 0.759. The minimum Gasteiger partial charge on any atom is -0.469 e. The van der Waals surface area contributed by atoms with Crippen molar-refractivity contribution in [3.05, 3.63) is 48.6 Å². The summed E-state index contributed by atoms with van der Waals surface area (Å²) >= 11 is 0. The van der Waals surface area contributed by atoms with Crippen molar-refractivity contribution in [2.75, 3.05) is 14.2 Å². The van der Waals surface area contributed by atoms with E-state index in [1.54, 1.807) is 30.3 Å². The molecule has 1 aromatic carbocycles. The molecule has 0 bridgehead atoms. The van der Waals surface area contributed by atoms with Gasteiger partial charge in [-0.05, 0) is 12.1 Å². The fraction of sp³-hybridized carbons (Fsp3) is 0.267. The lowest BCUT2D eigenvalue weighted by atomic mass is 9.94. The Morgan fingerprint density at radius 2 is 1.81 bits per heavy atom. The maximum atomic E-state index is 12.2. The normalized spacial score (nSPS) is 12.7. The fourth-order valence-corrected chi connectivity index (χ4v) is 1.72. The maximum absolute atomic E-state index is 12.2. The van der Waals surface area contributed by atoms with Gasteiger partial charge in [0.15, 0.2) is 5.54 Å². The molecular weight excluding hydrogens is 274 g/mol. The van der Waals surface area contributed by atoms with Crippen LogP contribution >= 0.6 is 0 Å². The van der Waals surface area contributed by atoms with Gasteiger partial charge in [-0.2, -0.15) is 0 Å². The molecule has 21 heavy (non-hydrogen) atoms. The summed E-state index contributed by atoms with van der Waals surface area (Å²) in [4.78, 5) is 35.7. The molecule has 0 fully saturated rings. The van der Waals surface area contributed by atoms with Gasteiger partial charge in [0.2, 0.25) is 0 Å². The Balaban J connectivity index is 3.07. The molecule has 0 saturated carbocycles. The Labute approximate surface area is 122 Å². The first-order valence-corrected chi connectivity index (χ1v) is 6.15. The Morgan fingerprint density at radius 3 is 2.29 bits per heavy atom. The van der Waals surface area contributed by atoms with Crippen LogP contribution in [0, 0.1) is 0 Å². The largest absolute Gasteiger partial charge is 0.469 e. The quantitative estimate of drug-likeness (QED) is 0.626. The predicted octanol–water partition coefficient (Wildman–Crippen LogP) is 1.08. The van der Waals surface area contributed by atoms with E-state index >= 15 is 0 Å². The van der Waals surface area contributed by atoms with Gasteiger partial charge >= 0.3 is 11.9 Å². The zero-order chi connectivity index (χ0) is 15.9. The molecule has 1 rings (SSSR count). The molecule has 0 unspecified atom stereocenters. The van der Waals surface area contributed by atoms with E-state index in [0.29, 0.717) is 5.56 Å². The fourth-order valence-electron chi connectivity index (χ4n) is 1.72. The van der Waals surface area contributed by atoms with E-state index in [1.165, 1.54) is 7.11 Å². The van der Waals surface area contributed by atoms with Crippen LogP contribution in [0.25, 0.3) is 0 Å². The molecule has 0 spiro atoms. The van der Waals surface area contributed by atoms with Crippen LogP contribution < -0.4 is 5.32 Å². The van der Waals surface area contributed by atoms with Crippen molar-refractivity contribution in [3.63, 3.8) is 0 Å². The number of nitrogens with one attached hydrogen (secondary N) is 1. The van der Waals surface area contributed by atoms with Crippen molar-refractivity contribution in [2.24, 2.45) is 0 Å². The first kappa shape index (κ1) is 16.4. The van der Waals surface area contributed by atoms with Crippen LogP contribution in [0.4, 0.5) is 0 Å². The van der Waals surface area contributed by atoms with Gasteiger partial charge in [-0.1, -0.05) is 24.3 Å². The van der Waals surface area contributed by atoms with Gasteiger partial charge in [0.1, 0.15) is 0 Å². The summed E-state index contributed by atoms with van der Waals surface area (Å²) in [5.74, 6) is -1.99. The first-order valence-electron chi connectivity index (χ1n) is 6.15. The molecule has 0 radical (unpaired) electrons. The van der Waals surface area contributed by atoms with Gasteiger partial charge in [0.25, 0.3) is 5.91 Å². The molecule has 6 nitrogen and oxygen atoms in total. The minimum absolute atomic E-state index is 0.345. The number of amides is 1. The highest BCUT2D eigenvalue weighted by molar-refractivity contribution is 6.00. The zero-order valence-electron chi connectivity index (χ0n) is 11.9. The van der Waals surface area contributed by atoms with Crippen LogP contribution in [0.3, 0.4) is 0 Å². The average molecular weight is 291 g/mol. The number of esters is 2. The van der Waals surface area contributed by atoms with Gasteiger partial charge in [0.05, 0.1) is 20.6 Å². The van der Waals surface area contributed by atoms with E-state index < -0.39 is 29.8 Å².